The van der Waals surface area contributed by atoms with E-state index in [0.717, 1.165) is 10.4 Å². The highest BCUT2D eigenvalue weighted by Gasteiger charge is 2.43. The van der Waals surface area contributed by atoms with E-state index < -0.39 is 12.1 Å². The maximum absolute atomic E-state index is 13.7. The third-order valence-corrected chi connectivity index (χ3v) is 6.50. The van der Waals surface area contributed by atoms with Gasteiger partial charge in [-0.1, -0.05) is 24.3 Å². The highest BCUT2D eigenvalue weighted by Crippen LogP contribution is 2.42. The van der Waals surface area contributed by atoms with Crippen molar-refractivity contribution in [2.24, 2.45) is 0 Å². The molecule has 6 heteroatoms. The SMILES string of the molecule is CN1C(=O)C[C@H](c2cccc(F)c2)[C@@H]1C(O)c1ccc(-c2ccc(F)cc2)s1. The highest BCUT2D eigenvalue weighted by atomic mass is 32.1. The Morgan fingerprint density at radius 3 is 2.54 bits per heavy atom. The topological polar surface area (TPSA) is 40.5 Å². The van der Waals surface area contributed by atoms with Crippen molar-refractivity contribution in [3.05, 3.63) is 82.7 Å². The molecule has 1 saturated heterocycles. The second-order valence-electron chi connectivity index (χ2n) is 7.01. The van der Waals surface area contributed by atoms with E-state index in [0.29, 0.717) is 10.4 Å². The van der Waals surface area contributed by atoms with Crippen molar-refractivity contribution in [1.29, 1.82) is 0 Å². The van der Waals surface area contributed by atoms with Gasteiger partial charge in [-0.15, -0.1) is 11.3 Å². The first-order chi connectivity index (χ1) is 13.4. The van der Waals surface area contributed by atoms with Crippen LogP contribution in [0.15, 0.2) is 60.7 Å². The van der Waals surface area contributed by atoms with Crippen LogP contribution >= 0.6 is 11.3 Å². The van der Waals surface area contributed by atoms with Crippen LogP contribution in [0.1, 0.15) is 28.9 Å². The zero-order chi connectivity index (χ0) is 19.8. The molecule has 4 rings (SSSR count). The Labute approximate surface area is 165 Å². The molecule has 1 aliphatic heterocycles. The van der Waals surface area contributed by atoms with Crippen LogP contribution in [0.4, 0.5) is 8.78 Å². The van der Waals surface area contributed by atoms with Crippen LogP contribution in [-0.2, 0) is 4.79 Å². The fraction of sp³-hybridized carbons (Fsp3) is 0.227. The molecule has 0 aliphatic carbocycles. The zero-order valence-corrected chi connectivity index (χ0v) is 16.0. The third kappa shape index (κ3) is 3.45. The normalized spacial score (nSPS) is 20.6. The summed E-state index contributed by atoms with van der Waals surface area (Å²) in [4.78, 5) is 15.5. The summed E-state index contributed by atoms with van der Waals surface area (Å²) in [5.41, 5.74) is 1.57. The molecule has 1 aliphatic rings. The summed E-state index contributed by atoms with van der Waals surface area (Å²) in [6.07, 6.45) is -0.665. The molecular weight excluding hydrogens is 380 g/mol. The van der Waals surface area contributed by atoms with Crippen LogP contribution in [0.25, 0.3) is 10.4 Å². The quantitative estimate of drug-likeness (QED) is 0.688. The van der Waals surface area contributed by atoms with Crippen molar-refractivity contribution in [2.75, 3.05) is 7.05 Å². The van der Waals surface area contributed by atoms with E-state index >= 15 is 0 Å². The fourth-order valence-corrected chi connectivity index (χ4v) is 4.86. The molecule has 1 N–H and O–H groups in total. The van der Waals surface area contributed by atoms with Gasteiger partial charge in [-0.3, -0.25) is 4.79 Å². The van der Waals surface area contributed by atoms with Gasteiger partial charge in [0.1, 0.15) is 17.7 Å². The zero-order valence-electron chi connectivity index (χ0n) is 15.2. The third-order valence-electron chi connectivity index (χ3n) is 5.29. The lowest BCUT2D eigenvalue weighted by Gasteiger charge is -2.29. The van der Waals surface area contributed by atoms with E-state index in [1.807, 2.05) is 12.1 Å². The smallest absolute Gasteiger partial charge is 0.223 e. The van der Waals surface area contributed by atoms with Crippen molar-refractivity contribution >= 4 is 17.2 Å². The number of likely N-dealkylation sites (N-methyl/N-ethyl adjacent to an activating group) is 1. The van der Waals surface area contributed by atoms with E-state index in [-0.39, 0.29) is 29.9 Å². The molecule has 144 valence electrons. The van der Waals surface area contributed by atoms with Gasteiger partial charge in [0.2, 0.25) is 5.91 Å². The molecule has 1 unspecified atom stereocenters. The second kappa shape index (κ2) is 7.45. The monoisotopic (exact) mass is 399 g/mol. The number of carbonyl (C=O) groups is 1. The van der Waals surface area contributed by atoms with Crippen molar-refractivity contribution in [2.45, 2.75) is 24.5 Å². The fourth-order valence-electron chi connectivity index (χ4n) is 3.82. The Morgan fingerprint density at radius 1 is 1.07 bits per heavy atom. The minimum absolute atomic E-state index is 0.0753. The number of thiophene rings is 1. The van der Waals surface area contributed by atoms with Crippen LogP contribution in [0.2, 0.25) is 0 Å². The molecule has 3 atom stereocenters. The summed E-state index contributed by atoms with van der Waals surface area (Å²) in [5.74, 6) is -1.03. The molecule has 2 aromatic carbocycles. The van der Waals surface area contributed by atoms with E-state index in [1.54, 1.807) is 36.2 Å². The lowest BCUT2D eigenvalue weighted by Crippen LogP contribution is -2.36. The Hall–Kier alpha value is -2.57. The predicted molar refractivity (Wildman–Crippen MR) is 105 cm³/mol. The van der Waals surface area contributed by atoms with Gasteiger partial charge in [-0.2, -0.15) is 0 Å². The highest BCUT2D eigenvalue weighted by molar-refractivity contribution is 7.15. The number of halogens is 2. The van der Waals surface area contributed by atoms with Gasteiger partial charge < -0.3 is 10.0 Å². The molecule has 1 amide bonds. The minimum Gasteiger partial charge on any atom is -0.385 e. The number of hydrogen-bond acceptors (Lipinski definition) is 3. The molecule has 2 heterocycles. The number of benzene rings is 2. The number of rotatable bonds is 4. The first-order valence-corrected chi connectivity index (χ1v) is 9.80. The van der Waals surface area contributed by atoms with Gasteiger partial charge in [-0.25, -0.2) is 8.78 Å². The number of likely N-dealkylation sites (tertiary alicyclic amines) is 1. The summed E-state index contributed by atoms with van der Waals surface area (Å²) in [7, 11) is 1.67. The van der Waals surface area contributed by atoms with E-state index in [1.165, 1.54) is 35.6 Å². The maximum atomic E-state index is 13.7. The Balaban J connectivity index is 1.64. The molecule has 0 bridgehead atoms. The van der Waals surface area contributed by atoms with Gasteiger partial charge >= 0.3 is 0 Å². The van der Waals surface area contributed by atoms with Gasteiger partial charge in [0.25, 0.3) is 0 Å². The first-order valence-electron chi connectivity index (χ1n) is 8.99. The molecule has 3 aromatic rings. The molecule has 28 heavy (non-hydrogen) atoms. The van der Waals surface area contributed by atoms with Crippen molar-refractivity contribution in [3.8, 4) is 10.4 Å². The average Bonchev–Trinajstić information content (AvgIpc) is 3.28. The summed E-state index contributed by atoms with van der Waals surface area (Å²) in [6.45, 7) is 0. The van der Waals surface area contributed by atoms with Crippen LogP contribution in [0, 0.1) is 11.6 Å². The van der Waals surface area contributed by atoms with Crippen molar-refractivity contribution in [1.82, 2.24) is 4.90 Å². The maximum Gasteiger partial charge on any atom is 0.223 e. The number of hydrogen-bond donors (Lipinski definition) is 1. The molecule has 0 radical (unpaired) electrons. The second-order valence-corrected chi connectivity index (χ2v) is 8.13. The lowest BCUT2D eigenvalue weighted by atomic mass is 9.88. The van der Waals surface area contributed by atoms with Crippen LogP contribution < -0.4 is 0 Å². The predicted octanol–water partition coefficient (Wildman–Crippen LogP) is 4.74. The number of amides is 1. The summed E-state index contributed by atoms with van der Waals surface area (Å²) < 4.78 is 26.9. The minimum atomic E-state index is -0.899. The van der Waals surface area contributed by atoms with Gasteiger partial charge in [0, 0.05) is 29.1 Å². The van der Waals surface area contributed by atoms with E-state index in [9.17, 15) is 18.7 Å². The number of nitrogens with zero attached hydrogens (tertiary/aromatic N) is 1. The average molecular weight is 399 g/mol. The summed E-state index contributed by atoms with van der Waals surface area (Å²) in [5, 5.41) is 11.1. The van der Waals surface area contributed by atoms with Crippen LogP contribution in [0.3, 0.4) is 0 Å². The van der Waals surface area contributed by atoms with Crippen LogP contribution in [-0.4, -0.2) is 29.0 Å². The lowest BCUT2D eigenvalue weighted by molar-refractivity contribution is -0.128. The molecule has 0 spiro atoms. The molecular formula is C22H19F2NO2S. The van der Waals surface area contributed by atoms with Crippen molar-refractivity contribution in [3.63, 3.8) is 0 Å². The standard InChI is InChI=1S/C22H19F2NO2S/c1-25-20(26)12-17(14-3-2-4-16(24)11-14)21(25)22(27)19-10-9-18(28-19)13-5-7-15(23)8-6-13/h2-11,17,21-22,27H,12H2,1H3/t17-,21-,22?/m1/s1. The van der Waals surface area contributed by atoms with Gasteiger partial charge in [-0.05, 0) is 47.5 Å². The first kappa shape index (κ1) is 18.8. The summed E-state index contributed by atoms with van der Waals surface area (Å²) >= 11 is 1.41. The largest absolute Gasteiger partial charge is 0.385 e. The number of carbonyl (C=O) groups excluding carboxylic acids is 1. The van der Waals surface area contributed by atoms with Crippen molar-refractivity contribution < 1.29 is 18.7 Å². The van der Waals surface area contributed by atoms with Gasteiger partial charge in [0.15, 0.2) is 0 Å². The van der Waals surface area contributed by atoms with Gasteiger partial charge in [0.05, 0.1) is 6.04 Å². The molecule has 1 aromatic heterocycles. The van der Waals surface area contributed by atoms with E-state index in [4.69, 9.17) is 0 Å². The number of aliphatic hydroxyl groups excluding tert-OH is 1. The molecule has 0 saturated carbocycles. The molecule has 3 nitrogen and oxygen atoms in total. The molecule has 1 fully saturated rings. The Morgan fingerprint density at radius 2 is 1.82 bits per heavy atom. The van der Waals surface area contributed by atoms with Crippen LogP contribution in [0.5, 0.6) is 0 Å². The number of aliphatic hydroxyl groups is 1. The van der Waals surface area contributed by atoms with E-state index in [2.05, 4.69) is 0 Å². The summed E-state index contributed by atoms with van der Waals surface area (Å²) in [6, 6.07) is 15.6. The Bertz CT molecular complexity index is 1000. The Kier molecular flexibility index (Phi) is 5.00.